The summed E-state index contributed by atoms with van der Waals surface area (Å²) in [7, 11) is 1.61. The number of carbonyl (C=O) groups excluding carboxylic acids is 2. The van der Waals surface area contributed by atoms with Crippen LogP contribution >= 0.6 is 0 Å². The highest BCUT2D eigenvalue weighted by molar-refractivity contribution is 5.81. The van der Waals surface area contributed by atoms with Crippen molar-refractivity contribution in [1.29, 1.82) is 0 Å². The molecule has 5 heteroatoms. The molecule has 0 saturated heterocycles. The maximum atomic E-state index is 12.5. The van der Waals surface area contributed by atoms with Gasteiger partial charge in [0.25, 0.3) is 0 Å². The van der Waals surface area contributed by atoms with Crippen molar-refractivity contribution in [1.82, 2.24) is 4.90 Å². The average Bonchev–Trinajstić information content (AvgIpc) is 2.76. The summed E-state index contributed by atoms with van der Waals surface area (Å²) in [5.41, 5.74) is 0. The van der Waals surface area contributed by atoms with Gasteiger partial charge in [-0.15, -0.1) is 0 Å². The van der Waals surface area contributed by atoms with Crippen molar-refractivity contribution in [2.45, 2.75) is 136 Å². The minimum atomic E-state index is -0.601. The largest absolute Gasteiger partial charge is 0.464 e. The van der Waals surface area contributed by atoms with Crippen molar-refractivity contribution in [2.24, 2.45) is 5.92 Å². The molecule has 0 aromatic heterocycles. The number of esters is 1. The van der Waals surface area contributed by atoms with Gasteiger partial charge in [-0.05, 0) is 18.8 Å². The fourth-order valence-electron chi connectivity index (χ4n) is 4.01. The van der Waals surface area contributed by atoms with Crippen LogP contribution in [0.2, 0.25) is 0 Å². The molecule has 0 radical (unpaired) electrons. The van der Waals surface area contributed by atoms with E-state index in [1.807, 2.05) is 20.8 Å². The molecule has 0 saturated carbocycles. The number of ether oxygens (including phenoxy) is 2. The van der Waals surface area contributed by atoms with Crippen LogP contribution < -0.4 is 0 Å². The second kappa shape index (κ2) is 21.6. The molecule has 0 aliphatic heterocycles. The molecular formula is C27H53NO4. The summed E-state index contributed by atoms with van der Waals surface area (Å²) >= 11 is 0. The first kappa shape index (κ1) is 30.7. The van der Waals surface area contributed by atoms with Crippen molar-refractivity contribution in [2.75, 3.05) is 20.3 Å². The van der Waals surface area contributed by atoms with E-state index in [1.54, 1.807) is 7.05 Å². The van der Waals surface area contributed by atoms with Gasteiger partial charge in [0, 0.05) is 7.05 Å². The standard InChI is InChI=1S/C27H53NO4/c1-6-8-9-10-11-12-13-14-15-16-17-18-19-20-21-23-31-26(29)25(24(3)4)28(5)27(30)32-22-7-2/h24-25H,6-23H2,1-5H3. The number of nitrogens with zero attached hydrogens (tertiary/aromatic N) is 1. The minimum absolute atomic E-state index is 0.0252. The van der Waals surface area contributed by atoms with Crippen molar-refractivity contribution >= 4 is 12.1 Å². The fourth-order valence-corrected chi connectivity index (χ4v) is 4.01. The lowest BCUT2D eigenvalue weighted by molar-refractivity contribution is -0.150. The molecule has 0 N–H and O–H groups in total. The summed E-state index contributed by atoms with van der Waals surface area (Å²) in [6.07, 6.45) is 20.0. The van der Waals surface area contributed by atoms with E-state index < -0.39 is 12.1 Å². The van der Waals surface area contributed by atoms with Crippen molar-refractivity contribution < 1.29 is 19.1 Å². The molecule has 0 bridgehead atoms. The number of unbranched alkanes of at least 4 members (excludes halogenated alkanes) is 14. The van der Waals surface area contributed by atoms with Gasteiger partial charge in [0.2, 0.25) is 0 Å². The summed E-state index contributed by atoms with van der Waals surface area (Å²) in [5, 5.41) is 0. The fraction of sp³-hybridized carbons (Fsp3) is 0.926. The molecule has 1 amide bonds. The number of rotatable bonds is 21. The second-order valence-corrected chi connectivity index (χ2v) is 9.53. The van der Waals surface area contributed by atoms with Crippen LogP contribution in [0.15, 0.2) is 0 Å². The Labute approximate surface area is 199 Å². The quantitative estimate of drug-likeness (QED) is 0.130. The predicted molar refractivity (Wildman–Crippen MR) is 134 cm³/mol. The maximum absolute atomic E-state index is 12.5. The number of hydrogen-bond acceptors (Lipinski definition) is 4. The Hall–Kier alpha value is -1.26. The van der Waals surface area contributed by atoms with Gasteiger partial charge in [-0.25, -0.2) is 9.59 Å². The van der Waals surface area contributed by atoms with Crippen LogP contribution in [0.1, 0.15) is 130 Å². The third-order valence-corrected chi connectivity index (χ3v) is 6.00. The van der Waals surface area contributed by atoms with Crippen LogP contribution in [0.25, 0.3) is 0 Å². The highest BCUT2D eigenvalue weighted by atomic mass is 16.6. The molecule has 0 aliphatic rings. The summed E-state index contributed by atoms with van der Waals surface area (Å²) in [4.78, 5) is 25.9. The Bertz CT molecular complexity index is 453. The van der Waals surface area contributed by atoms with Crippen LogP contribution in [-0.2, 0) is 14.3 Å². The van der Waals surface area contributed by atoms with E-state index in [-0.39, 0.29) is 11.9 Å². The lowest BCUT2D eigenvalue weighted by Crippen LogP contribution is -2.46. The Kier molecular flexibility index (Phi) is 20.7. The minimum Gasteiger partial charge on any atom is -0.464 e. The number of amides is 1. The Balaban J connectivity index is 3.69. The molecular weight excluding hydrogens is 402 g/mol. The molecule has 190 valence electrons. The average molecular weight is 456 g/mol. The van der Waals surface area contributed by atoms with E-state index in [2.05, 4.69) is 6.92 Å². The highest BCUT2D eigenvalue weighted by Crippen LogP contribution is 2.15. The van der Waals surface area contributed by atoms with Gasteiger partial charge in [0.1, 0.15) is 6.04 Å². The monoisotopic (exact) mass is 455 g/mol. The van der Waals surface area contributed by atoms with E-state index in [0.717, 1.165) is 19.3 Å². The molecule has 32 heavy (non-hydrogen) atoms. The van der Waals surface area contributed by atoms with Gasteiger partial charge >= 0.3 is 12.1 Å². The third-order valence-electron chi connectivity index (χ3n) is 6.00. The van der Waals surface area contributed by atoms with Gasteiger partial charge in [-0.1, -0.05) is 118 Å². The zero-order chi connectivity index (χ0) is 24.0. The van der Waals surface area contributed by atoms with Crippen LogP contribution in [0.3, 0.4) is 0 Å². The van der Waals surface area contributed by atoms with E-state index in [9.17, 15) is 9.59 Å². The lowest BCUT2D eigenvalue weighted by Gasteiger charge is -2.28. The van der Waals surface area contributed by atoms with Gasteiger partial charge in [-0.3, -0.25) is 4.90 Å². The normalized spacial score (nSPS) is 12.1. The van der Waals surface area contributed by atoms with Gasteiger partial charge in [-0.2, -0.15) is 0 Å². The SMILES string of the molecule is CCCCCCCCCCCCCCCCCOC(=O)C(C(C)C)N(C)C(=O)OCCC. The second-order valence-electron chi connectivity index (χ2n) is 9.53. The summed E-state index contributed by atoms with van der Waals surface area (Å²) < 4.78 is 10.6. The van der Waals surface area contributed by atoms with Crippen molar-refractivity contribution in [3.63, 3.8) is 0 Å². The smallest absolute Gasteiger partial charge is 0.410 e. The predicted octanol–water partition coefficient (Wildman–Crippen LogP) is 7.90. The summed E-state index contributed by atoms with van der Waals surface area (Å²) in [6.45, 7) is 8.85. The van der Waals surface area contributed by atoms with E-state index in [0.29, 0.717) is 13.2 Å². The molecule has 5 nitrogen and oxygen atoms in total. The summed E-state index contributed by atoms with van der Waals surface area (Å²) in [5.74, 6) is -0.357. The molecule has 1 unspecified atom stereocenters. The van der Waals surface area contributed by atoms with E-state index in [1.165, 1.54) is 88.4 Å². The van der Waals surface area contributed by atoms with Crippen molar-refractivity contribution in [3.8, 4) is 0 Å². The Morgan fingerprint density at radius 3 is 1.47 bits per heavy atom. The number of likely N-dealkylation sites (N-methyl/N-ethyl adjacent to an activating group) is 1. The molecule has 0 aromatic rings. The topological polar surface area (TPSA) is 55.8 Å². The molecule has 1 atom stereocenters. The molecule has 0 heterocycles. The third kappa shape index (κ3) is 16.4. The van der Waals surface area contributed by atoms with Crippen LogP contribution in [0, 0.1) is 5.92 Å². The zero-order valence-electron chi connectivity index (χ0n) is 22.0. The number of carbonyl (C=O) groups is 2. The van der Waals surface area contributed by atoms with Gasteiger partial charge in [0.15, 0.2) is 0 Å². The molecule has 0 aliphatic carbocycles. The lowest BCUT2D eigenvalue weighted by atomic mass is 10.0. The molecule has 0 spiro atoms. The van der Waals surface area contributed by atoms with Gasteiger partial charge in [0.05, 0.1) is 13.2 Å². The van der Waals surface area contributed by atoms with Gasteiger partial charge < -0.3 is 9.47 Å². The summed E-state index contributed by atoms with van der Waals surface area (Å²) in [6, 6.07) is -0.601. The van der Waals surface area contributed by atoms with Crippen LogP contribution in [-0.4, -0.2) is 43.3 Å². The van der Waals surface area contributed by atoms with E-state index >= 15 is 0 Å². The first-order valence-electron chi connectivity index (χ1n) is 13.5. The van der Waals surface area contributed by atoms with Crippen LogP contribution in [0.5, 0.6) is 0 Å². The van der Waals surface area contributed by atoms with Crippen molar-refractivity contribution in [3.05, 3.63) is 0 Å². The first-order chi connectivity index (χ1) is 15.5. The maximum Gasteiger partial charge on any atom is 0.410 e. The highest BCUT2D eigenvalue weighted by Gasteiger charge is 2.31. The number of hydrogen-bond donors (Lipinski definition) is 0. The van der Waals surface area contributed by atoms with Crippen LogP contribution in [0.4, 0.5) is 4.79 Å². The molecule has 0 aromatic carbocycles. The molecule has 0 fully saturated rings. The Morgan fingerprint density at radius 1 is 0.625 bits per heavy atom. The first-order valence-corrected chi connectivity index (χ1v) is 13.5. The zero-order valence-corrected chi connectivity index (χ0v) is 22.0. The Morgan fingerprint density at radius 2 is 1.06 bits per heavy atom. The molecule has 0 rings (SSSR count). The van der Waals surface area contributed by atoms with E-state index in [4.69, 9.17) is 9.47 Å².